The average molecular weight is 291 g/mol. The van der Waals surface area contributed by atoms with Crippen molar-refractivity contribution >= 4 is 15.5 Å². The number of anilines is 1. The number of ether oxygens (including phenoxy) is 1. The van der Waals surface area contributed by atoms with Crippen LogP contribution in [0.4, 0.5) is 5.69 Å². The summed E-state index contributed by atoms with van der Waals surface area (Å²) in [6.07, 6.45) is 1.21. The van der Waals surface area contributed by atoms with Crippen LogP contribution in [-0.2, 0) is 16.4 Å². The number of hydrogen-bond donors (Lipinski definition) is 1. The lowest BCUT2D eigenvalue weighted by Crippen LogP contribution is -2.06. The molecule has 0 unspecified atom stereocenters. The highest BCUT2D eigenvalue weighted by Gasteiger charge is 2.11. The predicted octanol–water partition coefficient (Wildman–Crippen LogP) is 2.71. The Kier molecular flexibility index (Phi) is 4.29. The van der Waals surface area contributed by atoms with Gasteiger partial charge in [0.05, 0.1) is 17.7 Å². The quantitative estimate of drug-likeness (QED) is 0.920. The summed E-state index contributed by atoms with van der Waals surface area (Å²) in [6.45, 7) is 0.552. The first kappa shape index (κ1) is 14.4. The highest BCUT2D eigenvalue weighted by atomic mass is 32.2. The number of nitrogens with one attached hydrogen (secondary N) is 1. The van der Waals surface area contributed by atoms with Crippen molar-refractivity contribution in [3.05, 3.63) is 54.1 Å². The molecule has 0 atom stereocenters. The Morgan fingerprint density at radius 3 is 2.30 bits per heavy atom. The lowest BCUT2D eigenvalue weighted by atomic mass is 10.2. The van der Waals surface area contributed by atoms with Crippen molar-refractivity contribution in [3.63, 3.8) is 0 Å². The zero-order valence-corrected chi connectivity index (χ0v) is 12.3. The molecule has 0 amide bonds. The van der Waals surface area contributed by atoms with E-state index in [1.165, 1.54) is 6.26 Å². The van der Waals surface area contributed by atoms with E-state index in [-0.39, 0.29) is 0 Å². The van der Waals surface area contributed by atoms with Crippen LogP contribution in [0.2, 0.25) is 0 Å². The highest BCUT2D eigenvalue weighted by molar-refractivity contribution is 7.90. The second-order valence-corrected chi connectivity index (χ2v) is 6.45. The molecule has 2 aromatic carbocycles. The van der Waals surface area contributed by atoms with Gasteiger partial charge in [-0.05, 0) is 29.8 Å². The molecule has 20 heavy (non-hydrogen) atoms. The molecule has 0 fully saturated rings. The molecular weight excluding hydrogens is 274 g/mol. The lowest BCUT2D eigenvalue weighted by molar-refractivity contribution is 0.414. The van der Waals surface area contributed by atoms with E-state index in [0.29, 0.717) is 17.1 Å². The Balaban J connectivity index is 2.15. The number of rotatable bonds is 5. The Hall–Kier alpha value is -2.01. The van der Waals surface area contributed by atoms with Gasteiger partial charge >= 0.3 is 0 Å². The first-order valence-corrected chi connectivity index (χ1v) is 8.06. The molecule has 2 aromatic rings. The van der Waals surface area contributed by atoms with Gasteiger partial charge in [-0.2, -0.15) is 0 Å². The fraction of sp³-hybridized carbons (Fsp3) is 0.200. The van der Waals surface area contributed by atoms with Crippen LogP contribution < -0.4 is 10.1 Å². The second kappa shape index (κ2) is 5.96. The van der Waals surface area contributed by atoms with Crippen LogP contribution in [0, 0.1) is 0 Å². The van der Waals surface area contributed by atoms with Crippen LogP contribution in [0.3, 0.4) is 0 Å². The monoisotopic (exact) mass is 291 g/mol. The van der Waals surface area contributed by atoms with Gasteiger partial charge in [-0.3, -0.25) is 0 Å². The molecule has 2 rings (SSSR count). The summed E-state index contributed by atoms with van der Waals surface area (Å²) < 4.78 is 28.5. The van der Waals surface area contributed by atoms with E-state index in [2.05, 4.69) is 5.32 Å². The Bertz CT molecular complexity index is 679. The molecule has 0 aliphatic carbocycles. The predicted molar refractivity (Wildman–Crippen MR) is 79.9 cm³/mol. The van der Waals surface area contributed by atoms with Gasteiger partial charge in [0.1, 0.15) is 5.75 Å². The zero-order valence-electron chi connectivity index (χ0n) is 11.5. The van der Waals surface area contributed by atoms with E-state index in [4.69, 9.17) is 4.74 Å². The van der Waals surface area contributed by atoms with Crippen LogP contribution in [-0.4, -0.2) is 21.8 Å². The molecule has 0 saturated heterocycles. The van der Waals surface area contributed by atoms with E-state index in [9.17, 15) is 8.42 Å². The van der Waals surface area contributed by atoms with Crippen molar-refractivity contribution < 1.29 is 13.2 Å². The third-order valence-corrected chi connectivity index (χ3v) is 4.08. The number of sulfone groups is 1. The SMILES string of the molecule is COc1ccc(CNc2ccccc2S(C)(=O)=O)cc1. The third kappa shape index (κ3) is 3.51. The Morgan fingerprint density at radius 2 is 1.70 bits per heavy atom. The smallest absolute Gasteiger partial charge is 0.177 e. The van der Waals surface area contributed by atoms with Gasteiger partial charge in [-0.1, -0.05) is 24.3 Å². The van der Waals surface area contributed by atoms with Crippen LogP contribution >= 0.6 is 0 Å². The van der Waals surface area contributed by atoms with E-state index in [0.717, 1.165) is 11.3 Å². The summed E-state index contributed by atoms with van der Waals surface area (Å²) in [5, 5.41) is 3.15. The molecule has 0 radical (unpaired) electrons. The molecule has 1 N–H and O–H groups in total. The van der Waals surface area contributed by atoms with Gasteiger partial charge in [-0.15, -0.1) is 0 Å². The number of methoxy groups -OCH3 is 1. The van der Waals surface area contributed by atoms with Gasteiger partial charge in [0.15, 0.2) is 9.84 Å². The molecule has 4 nitrogen and oxygen atoms in total. The van der Waals surface area contributed by atoms with Gasteiger partial charge in [-0.25, -0.2) is 8.42 Å². The van der Waals surface area contributed by atoms with Gasteiger partial charge < -0.3 is 10.1 Å². The third-order valence-electron chi connectivity index (χ3n) is 2.93. The highest BCUT2D eigenvalue weighted by Crippen LogP contribution is 2.21. The average Bonchev–Trinajstić information content (AvgIpc) is 2.45. The summed E-state index contributed by atoms with van der Waals surface area (Å²) in [7, 11) is -1.61. The fourth-order valence-corrected chi connectivity index (χ4v) is 2.74. The van der Waals surface area contributed by atoms with Crippen LogP contribution in [0.15, 0.2) is 53.4 Å². The minimum atomic E-state index is -3.23. The van der Waals surface area contributed by atoms with Crippen molar-refractivity contribution in [2.75, 3.05) is 18.7 Å². The van der Waals surface area contributed by atoms with Crippen molar-refractivity contribution in [1.29, 1.82) is 0 Å². The normalized spacial score (nSPS) is 11.1. The molecule has 0 saturated carbocycles. The van der Waals surface area contributed by atoms with Crippen molar-refractivity contribution in [2.45, 2.75) is 11.4 Å². The maximum absolute atomic E-state index is 11.7. The molecule has 0 bridgehead atoms. The van der Waals surface area contributed by atoms with E-state index in [1.54, 1.807) is 25.3 Å². The van der Waals surface area contributed by atoms with E-state index >= 15 is 0 Å². The number of hydrogen-bond acceptors (Lipinski definition) is 4. The largest absolute Gasteiger partial charge is 0.497 e. The van der Waals surface area contributed by atoms with Crippen molar-refractivity contribution in [2.24, 2.45) is 0 Å². The minimum absolute atomic E-state index is 0.313. The van der Waals surface area contributed by atoms with Crippen molar-refractivity contribution in [1.82, 2.24) is 0 Å². The number of para-hydroxylation sites is 1. The van der Waals surface area contributed by atoms with E-state index < -0.39 is 9.84 Å². The molecule has 0 aromatic heterocycles. The Labute approximate surface area is 119 Å². The summed E-state index contributed by atoms with van der Waals surface area (Å²) in [5.41, 5.74) is 1.67. The maximum Gasteiger partial charge on any atom is 0.177 e. The standard InChI is InChI=1S/C15H17NO3S/c1-19-13-9-7-12(8-10-13)11-16-14-5-3-4-6-15(14)20(2,17)18/h3-10,16H,11H2,1-2H3. The maximum atomic E-state index is 11.7. The first-order valence-electron chi connectivity index (χ1n) is 6.16. The van der Waals surface area contributed by atoms with Gasteiger partial charge in [0.2, 0.25) is 0 Å². The minimum Gasteiger partial charge on any atom is -0.497 e. The lowest BCUT2D eigenvalue weighted by Gasteiger charge is -2.11. The molecule has 0 aliphatic heterocycles. The summed E-state index contributed by atoms with van der Waals surface area (Å²) in [5.74, 6) is 0.797. The summed E-state index contributed by atoms with van der Waals surface area (Å²) >= 11 is 0. The topological polar surface area (TPSA) is 55.4 Å². The van der Waals surface area contributed by atoms with Gasteiger partial charge in [0.25, 0.3) is 0 Å². The molecule has 0 aliphatic rings. The fourth-order valence-electron chi connectivity index (χ4n) is 1.88. The second-order valence-electron chi connectivity index (χ2n) is 4.47. The van der Waals surface area contributed by atoms with Crippen LogP contribution in [0.25, 0.3) is 0 Å². The molecule has 5 heteroatoms. The summed E-state index contributed by atoms with van der Waals surface area (Å²) in [6, 6.07) is 14.5. The molecular formula is C15H17NO3S. The molecule has 0 spiro atoms. The van der Waals surface area contributed by atoms with Crippen molar-refractivity contribution in [3.8, 4) is 5.75 Å². The molecule has 106 valence electrons. The molecule has 0 heterocycles. The van der Waals surface area contributed by atoms with Gasteiger partial charge in [0, 0.05) is 12.8 Å². The van der Waals surface area contributed by atoms with Crippen LogP contribution in [0.1, 0.15) is 5.56 Å². The first-order chi connectivity index (χ1) is 9.50. The van der Waals surface area contributed by atoms with Crippen LogP contribution in [0.5, 0.6) is 5.75 Å². The number of benzene rings is 2. The van der Waals surface area contributed by atoms with E-state index in [1.807, 2.05) is 30.3 Å². The zero-order chi connectivity index (χ0) is 14.6. The summed E-state index contributed by atoms with van der Waals surface area (Å²) in [4.78, 5) is 0.313. The Morgan fingerprint density at radius 1 is 1.05 bits per heavy atom.